The molecular formula is C16H23N5O2. The molecule has 124 valence electrons. The van der Waals surface area contributed by atoms with Crippen molar-refractivity contribution in [3.8, 4) is 5.95 Å². The van der Waals surface area contributed by atoms with Crippen molar-refractivity contribution in [3.05, 3.63) is 39.6 Å². The maximum atomic E-state index is 12.4. The van der Waals surface area contributed by atoms with E-state index in [1.165, 1.54) is 10.6 Å². The van der Waals surface area contributed by atoms with E-state index in [1.54, 1.807) is 4.68 Å². The van der Waals surface area contributed by atoms with Crippen LogP contribution in [0.2, 0.25) is 0 Å². The van der Waals surface area contributed by atoms with E-state index in [0.717, 1.165) is 17.8 Å². The van der Waals surface area contributed by atoms with E-state index in [4.69, 9.17) is 0 Å². The van der Waals surface area contributed by atoms with Crippen LogP contribution in [0.15, 0.2) is 16.9 Å². The summed E-state index contributed by atoms with van der Waals surface area (Å²) in [5.41, 5.74) is 2.14. The monoisotopic (exact) mass is 317 g/mol. The summed E-state index contributed by atoms with van der Waals surface area (Å²) in [5, 5.41) is 7.17. The zero-order valence-electron chi connectivity index (χ0n) is 14.1. The lowest BCUT2D eigenvalue weighted by atomic mass is 10.3. The number of hydrogen-bond acceptors (Lipinski definition) is 4. The summed E-state index contributed by atoms with van der Waals surface area (Å²) in [4.78, 5) is 29.0. The number of hydrogen-bond donors (Lipinski definition) is 1. The molecule has 0 spiro atoms. The second kappa shape index (κ2) is 7.21. The van der Waals surface area contributed by atoms with Crippen molar-refractivity contribution < 1.29 is 4.79 Å². The highest BCUT2D eigenvalue weighted by Gasteiger charge is 2.15. The van der Waals surface area contributed by atoms with Crippen molar-refractivity contribution in [1.29, 1.82) is 0 Å². The molecule has 7 heteroatoms. The van der Waals surface area contributed by atoms with Crippen LogP contribution in [0.1, 0.15) is 37.4 Å². The van der Waals surface area contributed by atoms with Crippen molar-refractivity contribution in [2.75, 3.05) is 6.54 Å². The van der Waals surface area contributed by atoms with Crippen LogP contribution in [-0.2, 0) is 17.8 Å². The van der Waals surface area contributed by atoms with Gasteiger partial charge in [0.2, 0.25) is 11.9 Å². The number of rotatable bonds is 6. The van der Waals surface area contributed by atoms with Gasteiger partial charge < -0.3 is 5.32 Å². The first-order chi connectivity index (χ1) is 11.0. The molecule has 0 saturated heterocycles. The van der Waals surface area contributed by atoms with Gasteiger partial charge in [0.25, 0.3) is 5.56 Å². The second-order valence-electron chi connectivity index (χ2n) is 5.51. The maximum absolute atomic E-state index is 12.4. The lowest BCUT2D eigenvalue weighted by Gasteiger charge is -2.14. The Morgan fingerprint density at radius 2 is 2.00 bits per heavy atom. The summed E-state index contributed by atoms with van der Waals surface area (Å²) in [5.74, 6) is 0.175. The number of carbonyl (C=O) groups excluding carboxylic acids is 1. The van der Waals surface area contributed by atoms with Gasteiger partial charge in [-0.3, -0.25) is 14.2 Å². The highest BCUT2D eigenvalue weighted by Crippen LogP contribution is 2.09. The van der Waals surface area contributed by atoms with Crippen molar-refractivity contribution in [1.82, 2.24) is 24.6 Å². The fourth-order valence-corrected chi connectivity index (χ4v) is 2.33. The highest BCUT2D eigenvalue weighted by molar-refractivity contribution is 5.75. The van der Waals surface area contributed by atoms with Crippen LogP contribution in [-0.4, -0.2) is 31.8 Å². The summed E-state index contributed by atoms with van der Waals surface area (Å²) in [7, 11) is 0. The van der Waals surface area contributed by atoms with Gasteiger partial charge in [0.05, 0.1) is 5.69 Å². The fraction of sp³-hybridized carbons (Fsp3) is 0.500. The van der Waals surface area contributed by atoms with Gasteiger partial charge in [0, 0.05) is 24.0 Å². The lowest BCUT2D eigenvalue weighted by molar-refractivity contribution is -0.121. The van der Waals surface area contributed by atoms with Gasteiger partial charge >= 0.3 is 0 Å². The van der Waals surface area contributed by atoms with Crippen LogP contribution in [0, 0.1) is 13.8 Å². The molecule has 2 heterocycles. The third-order valence-corrected chi connectivity index (χ3v) is 3.48. The lowest BCUT2D eigenvalue weighted by Crippen LogP contribution is -2.35. The quantitative estimate of drug-likeness (QED) is 0.866. The van der Waals surface area contributed by atoms with E-state index >= 15 is 0 Å². The Balaban J connectivity index is 2.50. The van der Waals surface area contributed by atoms with Gasteiger partial charge in [0.15, 0.2) is 0 Å². The molecule has 0 atom stereocenters. The zero-order valence-corrected chi connectivity index (χ0v) is 14.1. The summed E-state index contributed by atoms with van der Waals surface area (Å²) in [6.45, 7) is 8.21. The number of nitrogens with one attached hydrogen (secondary N) is 1. The molecule has 0 aliphatic heterocycles. The van der Waals surface area contributed by atoms with Crippen LogP contribution in [0.3, 0.4) is 0 Å². The molecule has 23 heavy (non-hydrogen) atoms. The first-order valence-electron chi connectivity index (χ1n) is 7.87. The smallest absolute Gasteiger partial charge is 0.255 e. The minimum absolute atomic E-state index is 0.0660. The van der Waals surface area contributed by atoms with Crippen molar-refractivity contribution in [2.24, 2.45) is 0 Å². The van der Waals surface area contributed by atoms with Gasteiger partial charge in [-0.15, -0.1) is 0 Å². The Bertz CT molecular complexity index is 760. The summed E-state index contributed by atoms with van der Waals surface area (Å²) in [6, 6.07) is 3.38. The normalized spacial score (nSPS) is 10.8. The Labute approximate surface area is 135 Å². The zero-order chi connectivity index (χ0) is 17.0. The third-order valence-electron chi connectivity index (χ3n) is 3.48. The molecule has 2 aromatic rings. The van der Waals surface area contributed by atoms with Gasteiger partial charge in [-0.25, -0.2) is 9.67 Å². The summed E-state index contributed by atoms with van der Waals surface area (Å²) in [6.07, 6.45) is 1.49. The summed E-state index contributed by atoms with van der Waals surface area (Å²) < 4.78 is 2.98. The maximum Gasteiger partial charge on any atom is 0.255 e. The van der Waals surface area contributed by atoms with Crippen LogP contribution < -0.4 is 10.9 Å². The standard InChI is InChI=1S/C16H23N5O2/c1-5-7-17-14(22)10-20-15(23)9-13(6-2)18-16(20)21-12(4)8-11(3)19-21/h8-9H,5-7,10H2,1-4H3,(H,17,22). The van der Waals surface area contributed by atoms with E-state index in [2.05, 4.69) is 15.4 Å². The largest absolute Gasteiger partial charge is 0.355 e. The van der Waals surface area contributed by atoms with Crippen LogP contribution in [0.5, 0.6) is 0 Å². The van der Waals surface area contributed by atoms with E-state index in [0.29, 0.717) is 24.6 Å². The molecule has 0 saturated carbocycles. The molecule has 0 bridgehead atoms. The van der Waals surface area contributed by atoms with Crippen LogP contribution in [0.25, 0.3) is 5.95 Å². The van der Waals surface area contributed by atoms with Gasteiger partial charge in [0.1, 0.15) is 6.54 Å². The number of aromatic nitrogens is 4. The Morgan fingerprint density at radius 3 is 2.57 bits per heavy atom. The van der Waals surface area contributed by atoms with E-state index in [9.17, 15) is 9.59 Å². The molecule has 2 rings (SSSR count). The molecule has 1 amide bonds. The van der Waals surface area contributed by atoms with Crippen LogP contribution in [0.4, 0.5) is 0 Å². The van der Waals surface area contributed by atoms with Crippen molar-refractivity contribution >= 4 is 5.91 Å². The number of nitrogens with zero attached hydrogens (tertiary/aromatic N) is 4. The van der Waals surface area contributed by atoms with Gasteiger partial charge in [-0.1, -0.05) is 13.8 Å². The van der Waals surface area contributed by atoms with Crippen molar-refractivity contribution in [3.63, 3.8) is 0 Å². The van der Waals surface area contributed by atoms with E-state index in [1.807, 2.05) is 33.8 Å². The Kier molecular flexibility index (Phi) is 5.31. The molecule has 0 radical (unpaired) electrons. The Morgan fingerprint density at radius 1 is 1.26 bits per heavy atom. The molecule has 7 nitrogen and oxygen atoms in total. The molecule has 2 aromatic heterocycles. The van der Waals surface area contributed by atoms with Crippen LogP contribution >= 0.6 is 0 Å². The topological polar surface area (TPSA) is 81.8 Å². The number of amides is 1. The second-order valence-corrected chi connectivity index (χ2v) is 5.51. The molecular weight excluding hydrogens is 294 g/mol. The predicted molar refractivity (Wildman–Crippen MR) is 87.8 cm³/mol. The van der Waals surface area contributed by atoms with Gasteiger partial charge in [-0.05, 0) is 32.8 Å². The van der Waals surface area contributed by atoms with E-state index in [-0.39, 0.29) is 18.0 Å². The first-order valence-corrected chi connectivity index (χ1v) is 7.87. The average molecular weight is 317 g/mol. The minimum atomic E-state index is -0.244. The first kappa shape index (κ1) is 16.9. The molecule has 1 N–H and O–H groups in total. The SMILES string of the molecule is CCCNC(=O)Cn1c(-n2nc(C)cc2C)nc(CC)cc1=O. The number of carbonyl (C=O) groups is 1. The highest BCUT2D eigenvalue weighted by atomic mass is 16.2. The van der Waals surface area contributed by atoms with E-state index < -0.39 is 0 Å². The molecule has 0 aliphatic carbocycles. The average Bonchev–Trinajstić information content (AvgIpc) is 2.85. The number of aryl methyl sites for hydroxylation is 3. The van der Waals surface area contributed by atoms with Gasteiger partial charge in [-0.2, -0.15) is 5.10 Å². The third kappa shape index (κ3) is 3.85. The molecule has 0 fully saturated rings. The Hall–Kier alpha value is -2.44. The predicted octanol–water partition coefficient (Wildman–Crippen LogP) is 1.13. The molecule has 0 aromatic carbocycles. The van der Waals surface area contributed by atoms with Crippen molar-refractivity contribution in [2.45, 2.75) is 47.1 Å². The summed E-state index contributed by atoms with van der Waals surface area (Å²) >= 11 is 0. The minimum Gasteiger partial charge on any atom is -0.355 e. The molecule has 0 unspecified atom stereocenters. The molecule has 0 aliphatic rings. The fourth-order valence-electron chi connectivity index (χ4n) is 2.33.